The van der Waals surface area contributed by atoms with E-state index >= 15 is 0 Å². The van der Waals surface area contributed by atoms with Crippen LogP contribution in [0.4, 0.5) is 0 Å². The number of aryl methyl sites for hydroxylation is 4. The molecule has 0 aliphatic rings. The summed E-state index contributed by atoms with van der Waals surface area (Å²) in [6.07, 6.45) is -0.884. The number of carbonyl (C=O) groups is 2. The number of aromatic carboxylic acids is 1. The number of hydrogen-bond acceptors (Lipinski definition) is 13. The highest BCUT2D eigenvalue weighted by molar-refractivity contribution is 7.25. The van der Waals surface area contributed by atoms with E-state index in [1.807, 2.05) is 53.7 Å². The van der Waals surface area contributed by atoms with Crippen LogP contribution in [0.2, 0.25) is 0 Å². The molecule has 2 heterocycles. The molecule has 16 nitrogen and oxygen atoms in total. The van der Waals surface area contributed by atoms with E-state index in [-0.39, 0.29) is 64.2 Å². The third kappa shape index (κ3) is 12.7. The molecule has 0 fully saturated rings. The van der Waals surface area contributed by atoms with Crippen molar-refractivity contribution in [3.63, 3.8) is 0 Å². The number of esters is 1. The lowest BCUT2D eigenvalue weighted by atomic mass is 10.1. The van der Waals surface area contributed by atoms with Crippen molar-refractivity contribution in [2.24, 2.45) is 0 Å². The molecule has 4 aromatic rings. The van der Waals surface area contributed by atoms with Crippen LogP contribution in [0.25, 0.3) is 22.1 Å². The summed E-state index contributed by atoms with van der Waals surface area (Å²) in [4.78, 5) is 57.8. The van der Waals surface area contributed by atoms with Crippen LogP contribution in [-0.4, -0.2) is 79.0 Å². The Morgan fingerprint density at radius 2 is 1.02 bits per heavy atom. The van der Waals surface area contributed by atoms with Crippen LogP contribution in [0.3, 0.4) is 0 Å². The average molecular weight is 937 g/mol. The van der Waals surface area contributed by atoms with Gasteiger partial charge >= 0.3 is 11.9 Å². The van der Waals surface area contributed by atoms with Gasteiger partial charge in [0, 0.05) is 39.3 Å². The topological polar surface area (TPSA) is 204 Å². The van der Waals surface area contributed by atoms with Crippen LogP contribution in [0.15, 0.2) is 33.9 Å². The monoisotopic (exact) mass is 936 g/mol. The van der Waals surface area contributed by atoms with Crippen LogP contribution in [0, 0.1) is 27.7 Å². The first kappa shape index (κ1) is 54.4. The summed E-state index contributed by atoms with van der Waals surface area (Å²) in [7, 11) is 9.43. The van der Waals surface area contributed by atoms with Crippen LogP contribution in [0.5, 0.6) is 0 Å². The molecule has 1 N–H and O–H groups in total. The molecular formula is C37H58N4O12P6. The van der Waals surface area contributed by atoms with E-state index in [4.69, 9.17) is 22.8 Å². The lowest BCUT2D eigenvalue weighted by Crippen LogP contribution is -2.40. The third-order valence-electron chi connectivity index (χ3n) is 9.70. The first-order chi connectivity index (χ1) is 27.1. The van der Waals surface area contributed by atoms with E-state index in [0.29, 0.717) is 34.9 Å². The number of carbonyl (C=O) groups excluding carboxylic acids is 1. The molecule has 0 saturated heterocycles. The predicted octanol–water partition coefficient (Wildman–Crippen LogP) is 7.87. The smallest absolute Gasteiger partial charge is 0.362 e. The molecule has 0 aliphatic heterocycles. The minimum atomic E-state index is -1.40. The van der Waals surface area contributed by atoms with Gasteiger partial charge in [0.25, 0.3) is 11.1 Å². The van der Waals surface area contributed by atoms with E-state index in [1.54, 1.807) is 12.1 Å². The summed E-state index contributed by atoms with van der Waals surface area (Å²) in [6.45, 7) is 11.5. The lowest BCUT2D eigenvalue weighted by Gasteiger charge is -2.27. The highest BCUT2D eigenvalue weighted by Gasteiger charge is 2.33. The molecule has 0 radical (unpaired) electrons. The second-order valence-electron chi connectivity index (χ2n) is 13.1. The van der Waals surface area contributed by atoms with Gasteiger partial charge in [0.15, 0.2) is 16.9 Å². The van der Waals surface area contributed by atoms with Gasteiger partial charge < -0.3 is 37.1 Å². The summed E-state index contributed by atoms with van der Waals surface area (Å²) < 4.78 is 52.7. The van der Waals surface area contributed by atoms with Gasteiger partial charge in [-0.25, -0.2) is 19.6 Å². The van der Waals surface area contributed by atoms with Crippen LogP contribution in [-0.2, 0) is 45.1 Å². The summed E-state index contributed by atoms with van der Waals surface area (Å²) in [6, 6.07) is 7.19. The molecule has 0 bridgehead atoms. The van der Waals surface area contributed by atoms with Crippen LogP contribution in [0.1, 0.15) is 86.2 Å². The summed E-state index contributed by atoms with van der Waals surface area (Å²) in [5, 5.41) is 9.40. The second kappa shape index (κ2) is 25.4. The maximum atomic E-state index is 13.1. The maximum absolute atomic E-state index is 13.1. The number of methoxy groups -OCH3 is 1. The van der Waals surface area contributed by atoms with E-state index in [0.717, 1.165) is 22.3 Å². The quantitative estimate of drug-likeness (QED) is 0.0745. The van der Waals surface area contributed by atoms with Gasteiger partial charge in [-0.05, 0) is 87.1 Å². The number of aromatic nitrogens is 4. The molecule has 59 heavy (non-hydrogen) atoms. The summed E-state index contributed by atoms with van der Waals surface area (Å²) >= 11 is 0. The van der Waals surface area contributed by atoms with E-state index in [2.05, 4.69) is 47.8 Å². The van der Waals surface area contributed by atoms with E-state index < -0.39 is 52.3 Å². The first-order valence-electron chi connectivity index (χ1n) is 17.5. The fourth-order valence-electron chi connectivity index (χ4n) is 6.14. The average Bonchev–Trinajstić information content (AvgIpc) is 3.20. The molecule has 0 spiro atoms. The fourth-order valence-corrected chi connectivity index (χ4v) is 9.33. The van der Waals surface area contributed by atoms with Gasteiger partial charge in [-0.15, -0.1) is 0 Å². The molecule has 4 unspecified atom stereocenters. The van der Waals surface area contributed by atoms with Gasteiger partial charge in [0.2, 0.25) is 11.4 Å². The Morgan fingerprint density at radius 1 is 0.678 bits per heavy atom. The number of benzene rings is 2. The van der Waals surface area contributed by atoms with Crippen molar-refractivity contribution >= 4 is 88.8 Å². The highest BCUT2D eigenvalue weighted by atomic mass is 31.1. The minimum Gasteiger partial charge on any atom is -0.476 e. The van der Waals surface area contributed by atoms with Crippen molar-refractivity contribution in [3.8, 4) is 0 Å². The largest absolute Gasteiger partial charge is 0.476 e. The molecule has 0 amide bonds. The van der Waals surface area contributed by atoms with Crippen LogP contribution >= 0.6 is 54.8 Å². The van der Waals surface area contributed by atoms with Gasteiger partial charge in [0.05, 0.1) is 78.0 Å². The molecule has 0 aliphatic carbocycles. The third-order valence-corrected chi connectivity index (χ3v) is 12.9. The summed E-state index contributed by atoms with van der Waals surface area (Å²) in [5.74, 6) is -2.22. The molecule has 10 atom stereocenters. The van der Waals surface area contributed by atoms with Crippen molar-refractivity contribution in [2.75, 3.05) is 7.11 Å². The Labute approximate surface area is 358 Å². The standard InChI is InChI=1S/C18H25N2O6P3.C17H23N2O6P3.2CH4.H2/c1-5-13(25-27)16(29-23)14(26-28)8-20-12-7-10(3)9(2)6-11(12)19-15(17(20)21)18(22)24-4;1-4-12(24-26)15(28-23)13(25-27)7-19-11-6-9(3)8(2)5-10(11)18-14(16(19)20)17(21)22;;;/h6-7,13-14,16H,5,8,27-28H2,1-4H3;5-6,12-13,15H,4,7,26-27H2,1-3H3,(H,21,22);2*1H4;1H/t13-,14+,16-;12-,13+,15-;;;/m11.../s1. The van der Waals surface area contributed by atoms with Crippen molar-refractivity contribution in [1.29, 1.82) is 0 Å². The number of rotatable bonds is 18. The normalized spacial score (nSPS) is 14.3. The Balaban J connectivity index is 0.00000111. The first-order valence-corrected chi connectivity index (χ1v) is 21.2. The Bertz CT molecular complexity index is 2220. The zero-order chi connectivity index (χ0) is 42.7. The number of carboxylic acid groups (broad SMARTS) is 1. The number of carboxylic acids is 1. The highest BCUT2D eigenvalue weighted by Crippen LogP contribution is 2.29. The molecular weight excluding hydrogens is 878 g/mol. The Kier molecular flexibility index (Phi) is 23.4. The Morgan fingerprint density at radius 3 is 1.32 bits per heavy atom. The zero-order valence-electron chi connectivity index (χ0n) is 32.5. The van der Waals surface area contributed by atoms with Crippen LogP contribution < -0.4 is 11.1 Å². The van der Waals surface area contributed by atoms with Crippen molar-refractivity contribution in [3.05, 3.63) is 78.6 Å². The van der Waals surface area contributed by atoms with Gasteiger partial charge in [-0.3, -0.25) is 18.7 Å². The maximum Gasteiger partial charge on any atom is 0.362 e. The number of hydrogen-bond donors (Lipinski definition) is 1. The zero-order valence-corrected chi connectivity index (χ0v) is 38.9. The molecule has 22 heteroatoms. The van der Waals surface area contributed by atoms with Crippen molar-refractivity contribution in [2.45, 2.75) is 118 Å². The molecule has 2 aromatic carbocycles. The molecule has 4 rings (SSSR count). The number of ether oxygens (including phenoxy) is 1. The number of fused-ring (bicyclic) bond motifs is 2. The van der Waals surface area contributed by atoms with E-state index in [1.165, 1.54) is 16.2 Å². The van der Waals surface area contributed by atoms with Crippen molar-refractivity contribution < 1.29 is 48.1 Å². The summed E-state index contributed by atoms with van der Waals surface area (Å²) in [5.41, 5.74) is 2.44. The molecule has 328 valence electrons. The second-order valence-corrected chi connectivity index (χ2v) is 15.8. The van der Waals surface area contributed by atoms with Crippen molar-refractivity contribution in [1.82, 2.24) is 19.1 Å². The van der Waals surface area contributed by atoms with Gasteiger partial charge in [-0.1, -0.05) is 28.7 Å². The molecule has 2 aromatic heterocycles. The predicted molar refractivity (Wildman–Crippen MR) is 247 cm³/mol. The SMILES string of the molecule is C.C.CC[C@@H](OP)[C@@H](P=O)[C@H](Cn1c(=O)c(C(=O)O)nc2cc(C)c(C)cc21)OP.CC[C@@H](OP)[C@@H](P=O)[C@H](Cn1c(=O)c(C(=O)OC)nc2cc(C)c(C)cc21)OP.[HH]. The molecule has 0 saturated carbocycles. The van der Waals surface area contributed by atoms with Gasteiger partial charge in [0.1, 0.15) is 0 Å². The Hall–Kier alpha value is -2.58. The minimum absolute atomic E-state index is 0. The number of nitrogens with zero attached hydrogens (tertiary/aromatic N) is 4. The fraction of sp³-hybridized carbons (Fsp3) is 0.514. The van der Waals surface area contributed by atoms with Gasteiger partial charge in [-0.2, -0.15) is 0 Å². The van der Waals surface area contributed by atoms with E-state index in [9.17, 15) is 33.4 Å². The lowest BCUT2D eigenvalue weighted by molar-refractivity contribution is 0.0589.